The Hall–Kier alpha value is -2.09. The first-order chi connectivity index (χ1) is 7.63. The zero-order valence-corrected chi connectivity index (χ0v) is 9.42. The Morgan fingerprint density at radius 1 is 1.75 bits per heavy atom. The maximum atomic E-state index is 11.5. The van der Waals surface area contributed by atoms with Crippen LogP contribution in [0, 0.1) is 11.3 Å². The van der Waals surface area contributed by atoms with Gasteiger partial charge in [-0.3, -0.25) is 9.48 Å². The predicted molar refractivity (Wildman–Crippen MR) is 60.1 cm³/mol. The summed E-state index contributed by atoms with van der Waals surface area (Å²) in [5, 5.41) is 12.4. The van der Waals surface area contributed by atoms with Crippen LogP contribution < -0.4 is 0 Å². The fourth-order valence-corrected chi connectivity index (χ4v) is 1.15. The second-order valence-electron chi connectivity index (χ2n) is 3.45. The summed E-state index contributed by atoms with van der Waals surface area (Å²) in [5.74, 6) is -0.112. The van der Waals surface area contributed by atoms with Crippen molar-refractivity contribution in [1.29, 1.82) is 5.26 Å². The summed E-state index contributed by atoms with van der Waals surface area (Å²) >= 11 is 0. The van der Waals surface area contributed by atoms with Gasteiger partial charge in [0.1, 0.15) is 0 Å². The van der Waals surface area contributed by atoms with Gasteiger partial charge >= 0.3 is 0 Å². The monoisotopic (exact) mass is 218 g/mol. The van der Waals surface area contributed by atoms with Crippen LogP contribution in [0.15, 0.2) is 18.5 Å². The van der Waals surface area contributed by atoms with Crippen molar-refractivity contribution in [3.63, 3.8) is 0 Å². The highest BCUT2D eigenvalue weighted by Gasteiger charge is 2.03. The van der Waals surface area contributed by atoms with Crippen LogP contribution in [0.5, 0.6) is 0 Å². The molecule has 0 atom stereocenters. The number of hydrogen-bond donors (Lipinski definition) is 0. The fraction of sp³-hybridized carbons (Fsp3) is 0.364. The molecule has 0 saturated carbocycles. The minimum Gasteiger partial charge on any atom is -0.341 e. The Balaban J connectivity index is 2.51. The number of nitrogens with zero attached hydrogens (tertiary/aromatic N) is 4. The molecule has 0 aromatic carbocycles. The lowest BCUT2D eigenvalue weighted by atomic mass is 10.3. The standard InChI is InChI=1S/C11H14N4O/c1-14(7-3-6-12)11(16)5-4-10-8-13-15(2)9-10/h4-5,8-9H,3,7H2,1-2H3. The smallest absolute Gasteiger partial charge is 0.246 e. The van der Waals surface area contributed by atoms with Crippen molar-refractivity contribution in [1.82, 2.24) is 14.7 Å². The molecule has 0 N–H and O–H groups in total. The first kappa shape index (κ1) is 12.0. The number of carbonyl (C=O) groups excluding carboxylic acids is 1. The van der Waals surface area contributed by atoms with E-state index in [0.717, 1.165) is 5.56 Å². The van der Waals surface area contributed by atoms with Crippen molar-refractivity contribution in [2.24, 2.45) is 7.05 Å². The molecule has 0 radical (unpaired) electrons. The van der Waals surface area contributed by atoms with E-state index in [9.17, 15) is 4.79 Å². The van der Waals surface area contributed by atoms with Crippen LogP contribution in [0.25, 0.3) is 6.08 Å². The van der Waals surface area contributed by atoms with Gasteiger partial charge in [-0.05, 0) is 6.08 Å². The normalized spacial score (nSPS) is 10.3. The van der Waals surface area contributed by atoms with Crippen LogP contribution in [0.3, 0.4) is 0 Å². The Morgan fingerprint density at radius 2 is 2.50 bits per heavy atom. The quantitative estimate of drug-likeness (QED) is 0.702. The second-order valence-corrected chi connectivity index (χ2v) is 3.45. The molecule has 0 aliphatic rings. The van der Waals surface area contributed by atoms with Gasteiger partial charge in [-0.25, -0.2) is 0 Å². The van der Waals surface area contributed by atoms with E-state index in [0.29, 0.717) is 13.0 Å². The minimum absolute atomic E-state index is 0.112. The number of amides is 1. The van der Waals surface area contributed by atoms with E-state index in [1.54, 1.807) is 24.0 Å². The van der Waals surface area contributed by atoms with E-state index in [1.807, 2.05) is 19.3 Å². The third kappa shape index (κ3) is 3.58. The summed E-state index contributed by atoms with van der Waals surface area (Å²) in [5.41, 5.74) is 0.879. The van der Waals surface area contributed by atoms with Crippen molar-refractivity contribution >= 4 is 12.0 Å². The molecule has 1 rings (SSSR count). The van der Waals surface area contributed by atoms with E-state index in [4.69, 9.17) is 5.26 Å². The van der Waals surface area contributed by atoms with E-state index in [1.165, 1.54) is 11.0 Å². The second kappa shape index (κ2) is 5.71. The summed E-state index contributed by atoms with van der Waals surface area (Å²) < 4.78 is 1.67. The summed E-state index contributed by atoms with van der Waals surface area (Å²) in [7, 11) is 3.49. The number of aryl methyl sites for hydroxylation is 1. The molecule has 16 heavy (non-hydrogen) atoms. The Morgan fingerprint density at radius 3 is 3.06 bits per heavy atom. The van der Waals surface area contributed by atoms with Crippen LogP contribution in [0.2, 0.25) is 0 Å². The van der Waals surface area contributed by atoms with Crippen LogP contribution in [-0.2, 0) is 11.8 Å². The predicted octanol–water partition coefficient (Wildman–Crippen LogP) is 0.805. The summed E-state index contributed by atoms with van der Waals surface area (Å²) in [6.07, 6.45) is 7.04. The number of likely N-dealkylation sites (N-methyl/N-ethyl adjacent to an activating group) is 1. The van der Waals surface area contributed by atoms with E-state index in [-0.39, 0.29) is 5.91 Å². The Bertz CT molecular complexity index is 427. The molecule has 1 aromatic rings. The average molecular weight is 218 g/mol. The molecule has 5 heteroatoms. The molecule has 0 aliphatic carbocycles. The number of rotatable bonds is 4. The summed E-state index contributed by atoms with van der Waals surface area (Å²) in [6, 6.07) is 2.00. The van der Waals surface area contributed by atoms with Crippen molar-refractivity contribution in [2.75, 3.05) is 13.6 Å². The van der Waals surface area contributed by atoms with Gasteiger partial charge in [0.15, 0.2) is 0 Å². The summed E-state index contributed by atoms with van der Waals surface area (Å²) in [6.45, 7) is 0.451. The molecule has 5 nitrogen and oxygen atoms in total. The zero-order chi connectivity index (χ0) is 12.0. The molecular weight excluding hydrogens is 204 g/mol. The highest BCUT2D eigenvalue weighted by Crippen LogP contribution is 2.00. The third-order valence-electron chi connectivity index (χ3n) is 2.08. The lowest BCUT2D eigenvalue weighted by Gasteiger charge is -2.11. The van der Waals surface area contributed by atoms with Gasteiger partial charge in [0.2, 0.25) is 5.91 Å². The Kier molecular flexibility index (Phi) is 4.28. The van der Waals surface area contributed by atoms with E-state index >= 15 is 0 Å². The lowest BCUT2D eigenvalue weighted by molar-refractivity contribution is -0.124. The van der Waals surface area contributed by atoms with E-state index < -0.39 is 0 Å². The van der Waals surface area contributed by atoms with Crippen molar-refractivity contribution in [2.45, 2.75) is 6.42 Å². The molecule has 0 bridgehead atoms. The van der Waals surface area contributed by atoms with Gasteiger partial charge in [-0.1, -0.05) is 0 Å². The first-order valence-electron chi connectivity index (χ1n) is 4.92. The Labute approximate surface area is 94.6 Å². The molecular formula is C11H14N4O. The molecule has 0 saturated heterocycles. The lowest BCUT2D eigenvalue weighted by Crippen LogP contribution is -2.25. The molecule has 1 amide bonds. The molecule has 84 valence electrons. The largest absolute Gasteiger partial charge is 0.341 e. The molecule has 0 spiro atoms. The number of aromatic nitrogens is 2. The maximum Gasteiger partial charge on any atom is 0.246 e. The van der Waals surface area contributed by atoms with Gasteiger partial charge in [0, 0.05) is 38.5 Å². The molecule has 0 fully saturated rings. The number of carbonyl (C=O) groups is 1. The van der Waals surface area contributed by atoms with Gasteiger partial charge in [-0.2, -0.15) is 10.4 Å². The van der Waals surface area contributed by atoms with Gasteiger partial charge in [0.05, 0.1) is 18.7 Å². The molecule has 0 unspecified atom stereocenters. The number of hydrogen-bond acceptors (Lipinski definition) is 3. The van der Waals surface area contributed by atoms with Crippen LogP contribution in [0.1, 0.15) is 12.0 Å². The minimum atomic E-state index is -0.112. The molecule has 1 heterocycles. The topological polar surface area (TPSA) is 61.9 Å². The van der Waals surface area contributed by atoms with Crippen LogP contribution in [0.4, 0.5) is 0 Å². The third-order valence-corrected chi connectivity index (χ3v) is 2.08. The van der Waals surface area contributed by atoms with Crippen molar-refractivity contribution in [3.05, 3.63) is 24.0 Å². The first-order valence-corrected chi connectivity index (χ1v) is 4.92. The zero-order valence-electron chi connectivity index (χ0n) is 9.42. The average Bonchev–Trinajstić information content (AvgIpc) is 2.68. The van der Waals surface area contributed by atoms with Crippen LogP contribution >= 0.6 is 0 Å². The van der Waals surface area contributed by atoms with Crippen LogP contribution in [-0.4, -0.2) is 34.2 Å². The SMILES string of the molecule is CN(CCC#N)C(=O)C=Cc1cnn(C)c1. The highest BCUT2D eigenvalue weighted by atomic mass is 16.2. The summed E-state index contributed by atoms with van der Waals surface area (Å²) in [4.78, 5) is 13.0. The van der Waals surface area contributed by atoms with Crippen molar-refractivity contribution < 1.29 is 4.79 Å². The van der Waals surface area contributed by atoms with Gasteiger partial charge in [0.25, 0.3) is 0 Å². The van der Waals surface area contributed by atoms with Gasteiger partial charge < -0.3 is 4.90 Å². The highest BCUT2D eigenvalue weighted by molar-refractivity contribution is 5.91. The fourth-order valence-electron chi connectivity index (χ4n) is 1.15. The maximum absolute atomic E-state index is 11.5. The van der Waals surface area contributed by atoms with E-state index in [2.05, 4.69) is 5.10 Å². The molecule has 0 aliphatic heterocycles. The van der Waals surface area contributed by atoms with Crippen molar-refractivity contribution in [3.8, 4) is 6.07 Å². The van der Waals surface area contributed by atoms with Gasteiger partial charge in [-0.15, -0.1) is 0 Å². The number of nitriles is 1. The molecule has 1 aromatic heterocycles.